The van der Waals surface area contributed by atoms with Crippen LogP contribution in [0.1, 0.15) is 30.1 Å². The molecule has 3 heterocycles. The number of aromatic amines is 1. The van der Waals surface area contributed by atoms with Crippen molar-refractivity contribution in [3.05, 3.63) is 59.9 Å². The highest BCUT2D eigenvalue weighted by Crippen LogP contribution is 2.34. The van der Waals surface area contributed by atoms with Gasteiger partial charge >= 0.3 is 0 Å². The van der Waals surface area contributed by atoms with E-state index in [0.717, 1.165) is 35.4 Å². The third-order valence-corrected chi connectivity index (χ3v) is 5.27. The van der Waals surface area contributed by atoms with E-state index in [0.29, 0.717) is 13.1 Å². The summed E-state index contributed by atoms with van der Waals surface area (Å²) in [6.07, 6.45) is 5.17. The van der Waals surface area contributed by atoms with Gasteiger partial charge in [0, 0.05) is 42.2 Å². The smallest absolute Gasteiger partial charge is 0.244 e. The molecule has 0 saturated carbocycles. The Bertz CT molecular complexity index is 939. The Morgan fingerprint density at radius 2 is 2.11 bits per heavy atom. The summed E-state index contributed by atoms with van der Waals surface area (Å²) in [5.41, 5.74) is 3.77. The number of aromatic nitrogens is 4. The molecule has 1 aromatic carbocycles. The third-order valence-electron chi connectivity index (χ3n) is 5.27. The van der Waals surface area contributed by atoms with Crippen LogP contribution in [0, 0.1) is 12.7 Å². The summed E-state index contributed by atoms with van der Waals surface area (Å²) in [6.45, 7) is 3.62. The van der Waals surface area contributed by atoms with Gasteiger partial charge in [-0.3, -0.25) is 14.6 Å². The first-order chi connectivity index (χ1) is 13.1. The maximum atomic E-state index is 13.6. The number of rotatable bonds is 4. The summed E-state index contributed by atoms with van der Waals surface area (Å²) in [5.74, 6) is 0.116. The fourth-order valence-corrected chi connectivity index (χ4v) is 3.70. The lowest BCUT2D eigenvalue weighted by molar-refractivity contribution is -0.133. The molecule has 2 aromatic heterocycles. The fourth-order valence-electron chi connectivity index (χ4n) is 3.70. The molecule has 0 aliphatic carbocycles. The Balaban J connectivity index is 1.42. The Kier molecular flexibility index (Phi) is 4.75. The molecule has 1 aliphatic rings. The summed E-state index contributed by atoms with van der Waals surface area (Å²) in [6, 6.07) is 8.46. The van der Waals surface area contributed by atoms with E-state index >= 15 is 0 Å². The molecule has 0 spiro atoms. The van der Waals surface area contributed by atoms with Crippen LogP contribution in [0.2, 0.25) is 0 Å². The second kappa shape index (κ2) is 7.34. The number of hydrogen-bond donors (Lipinski definition) is 1. The third kappa shape index (κ3) is 3.63. The zero-order valence-electron chi connectivity index (χ0n) is 15.2. The van der Waals surface area contributed by atoms with Crippen LogP contribution >= 0.6 is 0 Å². The van der Waals surface area contributed by atoms with Crippen molar-refractivity contribution < 1.29 is 9.18 Å². The van der Waals surface area contributed by atoms with Gasteiger partial charge < -0.3 is 4.90 Å². The van der Waals surface area contributed by atoms with Gasteiger partial charge in [-0.25, -0.2) is 4.39 Å². The van der Waals surface area contributed by atoms with Gasteiger partial charge in [-0.15, -0.1) is 0 Å². The molecule has 0 atom stereocenters. The van der Waals surface area contributed by atoms with E-state index in [2.05, 4.69) is 15.3 Å². The van der Waals surface area contributed by atoms with Crippen LogP contribution in [-0.4, -0.2) is 43.9 Å². The number of amides is 1. The number of aryl methyl sites for hydroxylation is 1. The second-order valence-corrected chi connectivity index (χ2v) is 6.99. The van der Waals surface area contributed by atoms with Gasteiger partial charge in [-0.2, -0.15) is 10.2 Å². The number of carbonyl (C=O) groups is 1. The minimum absolute atomic E-state index is 0.0928. The predicted molar refractivity (Wildman–Crippen MR) is 99.5 cm³/mol. The molecule has 3 aromatic rings. The number of carbonyl (C=O) groups excluding carboxylic acids is 1. The number of nitrogens with one attached hydrogen (secondary N) is 1. The average Bonchev–Trinajstić information content (AvgIpc) is 3.31. The Labute approximate surface area is 157 Å². The Morgan fingerprint density at radius 1 is 1.30 bits per heavy atom. The maximum Gasteiger partial charge on any atom is 0.244 e. The molecule has 1 amide bonds. The van der Waals surface area contributed by atoms with E-state index in [-0.39, 0.29) is 24.2 Å². The van der Waals surface area contributed by atoms with E-state index in [1.54, 1.807) is 23.1 Å². The van der Waals surface area contributed by atoms with E-state index < -0.39 is 0 Å². The van der Waals surface area contributed by atoms with E-state index in [1.807, 2.05) is 24.0 Å². The average molecular weight is 367 g/mol. The van der Waals surface area contributed by atoms with Crippen molar-refractivity contribution in [2.75, 3.05) is 13.1 Å². The van der Waals surface area contributed by atoms with Crippen LogP contribution < -0.4 is 0 Å². The van der Waals surface area contributed by atoms with Crippen molar-refractivity contribution >= 4 is 5.91 Å². The van der Waals surface area contributed by atoms with Gasteiger partial charge in [0.05, 0.1) is 6.20 Å². The maximum absolute atomic E-state index is 13.6. The van der Waals surface area contributed by atoms with Gasteiger partial charge in [0.25, 0.3) is 0 Å². The van der Waals surface area contributed by atoms with Crippen LogP contribution in [0.5, 0.6) is 0 Å². The minimum Gasteiger partial charge on any atom is -0.341 e. The number of nitrogens with zero attached hydrogens (tertiary/aromatic N) is 4. The molecule has 0 bridgehead atoms. The number of hydrogen-bond acceptors (Lipinski definition) is 3. The van der Waals surface area contributed by atoms with Crippen LogP contribution in [0.25, 0.3) is 11.1 Å². The minimum atomic E-state index is -0.256. The van der Waals surface area contributed by atoms with Crippen LogP contribution in [0.15, 0.2) is 42.7 Å². The van der Waals surface area contributed by atoms with Gasteiger partial charge in [-0.1, -0.05) is 12.1 Å². The molecular weight excluding hydrogens is 345 g/mol. The van der Waals surface area contributed by atoms with E-state index in [4.69, 9.17) is 0 Å². The summed E-state index contributed by atoms with van der Waals surface area (Å²) >= 11 is 0. The normalized spacial score (nSPS) is 15.3. The Hall–Kier alpha value is -2.96. The Morgan fingerprint density at radius 3 is 2.81 bits per heavy atom. The van der Waals surface area contributed by atoms with Gasteiger partial charge in [0.15, 0.2) is 0 Å². The lowest BCUT2D eigenvalue weighted by atomic mass is 9.89. The molecule has 27 heavy (non-hydrogen) atoms. The first-order valence-corrected chi connectivity index (χ1v) is 9.17. The molecule has 1 N–H and O–H groups in total. The molecule has 7 heteroatoms. The summed E-state index contributed by atoms with van der Waals surface area (Å²) in [4.78, 5) is 14.4. The van der Waals surface area contributed by atoms with Crippen molar-refractivity contribution in [2.45, 2.75) is 32.2 Å². The van der Waals surface area contributed by atoms with Crippen molar-refractivity contribution in [3.63, 3.8) is 0 Å². The van der Waals surface area contributed by atoms with Crippen molar-refractivity contribution in [1.29, 1.82) is 0 Å². The summed E-state index contributed by atoms with van der Waals surface area (Å²) in [5, 5.41) is 11.5. The molecule has 1 saturated heterocycles. The van der Waals surface area contributed by atoms with Gasteiger partial charge in [-0.05, 0) is 43.5 Å². The molecule has 6 nitrogen and oxygen atoms in total. The molecule has 140 valence electrons. The molecule has 0 radical (unpaired) electrons. The quantitative estimate of drug-likeness (QED) is 0.770. The molecule has 4 rings (SSSR count). The first kappa shape index (κ1) is 17.5. The van der Waals surface area contributed by atoms with Crippen molar-refractivity contribution in [2.24, 2.45) is 0 Å². The topological polar surface area (TPSA) is 66.8 Å². The highest BCUT2D eigenvalue weighted by atomic mass is 19.1. The van der Waals surface area contributed by atoms with Crippen molar-refractivity contribution in [1.82, 2.24) is 24.9 Å². The summed E-state index contributed by atoms with van der Waals surface area (Å²) < 4.78 is 15.3. The second-order valence-electron chi connectivity index (χ2n) is 6.99. The molecule has 1 fully saturated rings. The fraction of sp³-hybridized carbons (Fsp3) is 0.350. The SMILES string of the molecule is Cc1ccnn1CC(=O)N1CCC(c2[nH]ncc2-c2cccc(F)c2)CC1. The van der Waals surface area contributed by atoms with Crippen LogP contribution in [0.4, 0.5) is 4.39 Å². The van der Waals surface area contributed by atoms with E-state index in [9.17, 15) is 9.18 Å². The number of benzene rings is 1. The monoisotopic (exact) mass is 367 g/mol. The molecular formula is C20H22FN5O. The highest BCUT2D eigenvalue weighted by molar-refractivity contribution is 5.76. The lowest BCUT2D eigenvalue weighted by Gasteiger charge is -2.32. The van der Waals surface area contributed by atoms with E-state index in [1.165, 1.54) is 12.1 Å². The highest BCUT2D eigenvalue weighted by Gasteiger charge is 2.27. The first-order valence-electron chi connectivity index (χ1n) is 9.17. The number of piperidine rings is 1. The van der Waals surface area contributed by atoms with Crippen LogP contribution in [-0.2, 0) is 11.3 Å². The number of likely N-dealkylation sites (tertiary alicyclic amines) is 1. The zero-order chi connectivity index (χ0) is 18.8. The van der Waals surface area contributed by atoms with Crippen LogP contribution in [0.3, 0.4) is 0 Å². The molecule has 1 aliphatic heterocycles. The number of H-pyrrole nitrogens is 1. The summed E-state index contributed by atoms with van der Waals surface area (Å²) in [7, 11) is 0. The lowest BCUT2D eigenvalue weighted by Crippen LogP contribution is -2.40. The van der Waals surface area contributed by atoms with Crippen molar-refractivity contribution in [3.8, 4) is 11.1 Å². The van der Waals surface area contributed by atoms with Gasteiger partial charge in [0.2, 0.25) is 5.91 Å². The largest absolute Gasteiger partial charge is 0.341 e. The molecule has 0 unspecified atom stereocenters. The standard InChI is InChI=1S/C20H22FN5O/c1-14-5-8-23-26(14)13-19(27)25-9-6-15(7-10-25)20-18(12-22-24-20)16-3-2-4-17(21)11-16/h2-5,8,11-12,15H,6-7,9-10,13H2,1H3,(H,22,24). The predicted octanol–water partition coefficient (Wildman–Crippen LogP) is 3.13. The number of halogens is 1. The van der Waals surface area contributed by atoms with Gasteiger partial charge in [0.1, 0.15) is 12.4 Å². The zero-order valence-corrected chi connectivity index (χ0v) is 15.2.